The van der Waals surface area contributed by atoms with Gasteiger partial charge in [-0.2, -0.15) is 0 Å². The SMILES string of the molecule is COc1ccccc1NC(=O)CNC(C)C1CCOC1. The molecule has 1 amide bonds. The molecule has 1 heterocycles. The van der Waals surface area contributed by atoms with E-state index >= 15 is 0 Å². The van der Waals surface area contributed by atoms with E-state index in [0.29, 0.717) is 17.4 Å². The van der Waals surface area contributed by atoms with Crippen LogP contribution < -0.4 is 15.4 Å². The van der Waals surface area contributed by atoms with E-state index in [1.165, 1.54) is 0 Å². The van der Waals surface area contributed by atoms with Crippen molar-refractivity contribution in [2.75, 3.05) is 32.2 Å². The van der Waals surface area contributed by atoms with E-state index in [1.807, 2.05) is 24.3 Å². The van der Waals surface area contributed by atoms with Crippen LogP contribution in [0.25, 0.3) is 0 Å². The second kappa shape index (κ2) is 7.26. The van der Waals surface area contributed by atoms with Crippen molar-refractivity contribution in [2.45, 2.75) is 19.4 Å². The topological polar surface area (TPSA) is 59.6 Å². The van der Waals surface area contributed by atoms with Crippen molar-refractivity contribution in [3.63, 3.8) is 0 Å². The predicted molar refractivity (Wildman–Crippen MR) is 78.0 cm³/mol. The molecule has 0 spiro atoms. The Labute approximate surface area is 119 Å². The van der Waals surface area contributed by atoms with Crippen LogP contribution in [-0.2, 0) is 9.53 Å². The summed E-state index contributed by atoms with van der Waals surface area (Å²) in [5, 5.41) is 6.10. The molecule has 2 N–H and O–H groups in total. The summed E-state index contributed by atoms with van der Waals surface area (Å²) in [6.45, 7) is 3.98. The van der Waals surface area contributed by atoms with Gasteiger partial charge in [-0.05, 0) is 31.4 Å². The van der Waals surface area contributed by atoms with Crippen molar-refractivity contribution in [3.8, 4) is 5.75 Å². The summed E-state index contributed by atoms with van der Waals surface area (Å²) in [6.07, 6.45) is 1.06. The molecule has 1 fully saturated rings. The summed E-state index contributed by atoms with van der Waals surface area (Å²) in [4.78, 5) is 11.9. The van der Waals surface area contributed by atoms with E-state index in [-0.39, 0.29) is 18.5 Å². The number of nitrogens with one attached hydrogen (secondary N) is 2. The Morgan fingerprint density at radius 2 is 2.30 bits per heavy atom. The van der Waals surface area contributed by atoms with Gasteiger partial charge in [0.1, 0.15) is 5.75 Å². The first kappa shape index (κ1) is 14.8. The largest absolute Gasteiger partial charge is 0.495 e. The molecule has 110 valence electrons. The van der Waals surface area contributed by atoms with E-state index in [2.05, 4.69) is 17.6 Å². The quantitative estimate of drug-likeness (QED) is 0.830. The summed E-state index contributed by atoms with van der Waals surface area (Å²) >= 11 is 0. The number of carbonyl (C=O) groups is 1. The van der Waals surface area contributed by atoms with Gasteiger partial charge in [0.05, 0.1) is 25.9 Å². The zero-order valence-electron chi connectivity index (χ0n) is 12.0. The van der Waals surface area contributed by atoms with Crippen LogP contribution in [0.15, 0.2) is 24.3 Å². The summed E-state index contributed by atoms with van der Waals surface area (Å²) in [6, 6.07) is 7.66. The molecule has 1 aliphatic heterocycles. The number of carbonyl (C=O) groups excluding carboxylic acids is 1. The zero-order valence-corrected chi connectivity index (χ0v) is 12.0. The first-order chi connectivity index (χ1) is 9.70. The van der Waals surface area contributed by atoms with Gasteiger partial charge in [-0.15, -0.1) is 0 Å². The summed E-state index contributed by atoms with van der Waals surface area (Å²) < 4.78 is 10.6. The molecule has 2 rings (SSSR count). The molecule has 2 unspecified atom stereocenters. The number of hydrogen-bond acceptors (Lipinski definition) is 4. The molecule has 2 atom stereocenters. The van der Waals surface area contributed by atoms with E-state index in [1.54, 1.807) is 7.11 Å². The van der Waals surface area contributed by atoms with Gasteiger partial charge >= 0.3 is 0 Å². The molecule has 1 aromatic rings. The Kier molecular flexibility index (Phi) is 5.38. The fraction of sp³-hybridized carbons (Fsp3) is 0.533. The van der Waals surface area contributed by atoms with Gasteiger partial charge < -0.3 is 20.1 Å². The van der Waals surface area contributed by atoms with Crippen LogP contribution in [0.1, 0.15) is 13.3 Å². The minimum atomic E-state index is -0.0692. The lowest BCUT2D eigenvalue weighted by Gasteiger charge is -2.19. The summed E-state index contributed by atoms with van der Waals surface area (Å²) in [7, 11) is 1.59. The van der Waals surface area contributed by atoms with Gasteiger partial charge in [0.15, 0.2) is 0 Å². The number of rotatable bonds is 6. The third-order valence-electron chi connectivity index (χ3n) is 3.64. The Morgan fingerprint density at radius 3 is 3.00 bits per heavy atom. The minimum absolute atomic E-state index is 0.0692. The van der Waals surface area contributed by atoms with Crippen LogP contribution in [0.3, 0.4) is 0 Å². The average Bonchev–Trinajstić information content (AvgIpc) is 2.99. The molecule has 0 radical (unpaired) electrons. The smallest absolute Gasteiger partial charge is 0.238 e. The van der Waals surface area contributed by atoms with Crippen LogP contribution in [0.4, 0.5) is 5.69 Å². The zero-order chi connectivity index (χ0) is 14.4. The molecule has 1 aromatic carbocycles. The number of benzene rings is 1. The maximum Gasteiger partial charge on any atom is 0.238 e. The molecule has 0 aliphatic carbocycles. The lowest BCUT2D eigenvalue weighted by atomic mass is 10.0. The molecule has 5 heteroatoms. The molecule has 20 heavy (non-hydrogen) atoms. The third-order valence-corrected chi connectivity index (χ3v) is 3.64. The highest BCUT2D eigenvalue weighted by molar-refractivity contribution is 5.93. The lowest BCUT2D eigenvalue weighted by Crippen LogP contribution is -2.39. The summed E-state index contributed by atoms with van der Waals surface area (Å²) in [5.41, 5.74) is 0.693. The Morgan fingerprint density at radius 1 is 1.50 bits per heavy atom. The maximum absolute atomic E-state index is 11.9. The molecule has 1 aliphatic rings. The number of hydrogen-bond donors (Lipinski definition) is 2. The van der Waals surface area contributed by atoms with Gasteiger partial charge in [-0.1, -0.05) is 12.1 Å². The highest BCUT2D eigenvalue weighted by Gasteiger charge is 2.22. The van der Waals surface area contributed by atoms with Crippen molar-refractivity contribution in [1.29, 1.82) is 0 Å². The van der Waals surface area contributed by atoms with Gasteiger partial charge in [-0.3, -0.25) is 4.79 Å². The van der Waals surface area contributed by atoms with Crippen molar-refractivity contribution in [1.82, 2.24) is 5.32 Å². The highest BCUT2D eigenvalue weighted by Crippen LogP contribution is 2.22. The van der Waals surface area contributed by atoms with Crippen LogP contribution in [0.2, 0.25) is 0 Å². The van der Waals surface area contributed by atoms with E-state index in [4.69, 9.17) is 9.47 Å². The van der Waals surface area contributed by atoms with Crippen LogP contribution in [0, 0.1) is 5.92 Å². The van der Waals surface area contributed by atoms with E-state index in [9.17, 15) is 4.79 Å². The van der Waals surface area contributed by atoms with Gasteiger partial charge in [0.25, 0.3) is 0 Å². The second-order valence-corrected chi connectivity index (χ2v) is 5.04. The number of ether oxygens (including phenoxy) is 2. The Hall–Kier alpha value is -1.59. The average molecular weight is 278 g/mol. The van der Waals surface area contributed by atoms with Gasteiger partial charge in [-0.25, -0.2) is 0 Å². The van der Waals surface area contributed by atoms with Gasteiger partial charge in [0, 0.05) is 12.6 Å². The summed E-state index contributed by atoms with van der Waals surface area (Å²) in [5.74, 6) is 1.09. The Balaban J connectivity index is 1.80. The molecule has 0 aromatic heterocycles. The highest BCUT2D eigenvalue weighted by atomic mass is 16.5. The third kappa shape index (κ3) is 3.95. The molecular formula is C15H22N2O3. The van der Waals surface area contributed by atoms with Gasteiger partial charge in [0.2, 0.25) is 5.91 Å². The molecule has 1 saturated heterocycles. The fourth-order valence-electron chi connectivity index (χ4n) is 2.31. The van der Waals surface area contributed by atoms with Crippen LogP contribution in [-0.4, -0.2) is 38.8 Å². The standard InChI is InChI=1S/C15H22N2O3/c1-11(12-7-8-20-10-12)16-9-15(18)17-13-5-3-4-6-14(13)19-2/h3-6,11-12,16H,7-10H2,1-2H3,(H,17,18). The predicted octanol–water partition coefficient (Wildman–Crippen LogP) is 1.65. The first-order valence-electron chi connectivity index (χ1n) is 6.94. The number of amides is 1. The maximum atomic E-state index is 11.9. The number of para-hydroxylation sites is 2. The van der Waals surface area contributed by atoms with E-state index < -0.39 is 0 Å². The molecule has 0 saturated carbocycles. The van der Waals surface area contributed by atoms with E-state index in [0.717, 1.165) is 19.6 Å². The normalized spacial score (nSPS) is 19.6. The second-order valence-electron chi connectivity index (χ2n) is 5.04. The van der Waals surface area contributed by atoms with Crippen LogP contribution >= 0.6 is 0 Å². The first-order valence-corrected chi connectivity index (χ1v) is 6.94. The Bertz CT molecular complexity index is 444. The molecular weight excluding hydrogens is 256 g/mol. The molecule has 5 nitrogen and oxygen atoms in total. The minimum Gasteiger partial charge on any atom is -0.495 e. The number of anilines is 1. The fourth-order valence-corrected chi connectivity index (χ4v) is 2.31. The van der Waals surface area contributed by atoms with Crippen molar-refractivity contribution < 1.29 is 14.3 Å². The van der Waals surface area contributed by atoms with Crippen molar-refractivity contribution in [2.24, 2.45) is 5.92 Å². The monoisotopic (exact) mass is 278 g/mol. The lowest BCUT2D eigenvalue weighted by molar-refractivity contribution is -0.115. The molecule has 0 bridgehead atoms. The van der Waals surface area contributed by atoms with Crippen molar-refractivity contribution in [3.05, 3.63) is 24.3 Å². The van der Waals surface area contributed by atoms with Crippen molar-refractivity contribution >= 4 is 11.6 Å². The van der Waals surface area contributed by atoms with Crippen LogP contribution in [0.5, 0.6) is 5.75 Å². The number of methoxy groups -OCH3 is 1.